The fourth-order valence-corrected chi connectivity index (χ4v) is 2.34. The van der Waals surface area contributed by atoms with Crippen LogP contribution in [0.4, 0.5) is 11.4 Å². The summed E-state index contributed by atoms with van der Waals surface area (Å²) < 4.78 is 5.21. The third-order valence-electron chi connectivity index (χ3n) is 3.96. The zero-order valence-corrected chi connectivity index (χ0v) is 15.2. The minimum Gasteiger partial charge on any atom is -0.480 e. The number of nitro groups is 1. The van der Waals surface area contributed by atoms with Crippen LogP contribution in [-0.2, 0) is 20.9 Å². The van der Waals surface area contributed by atoms with E-state index in [4.69, 9.17) is 15.6 Å². The maximum atomic E-state index is 12.1. The van der Waals surface area contributed by atoms with Gasteiger partial charge in [-0.05, 0) is 24.6 Å². The summed E-state index contributed by atoms with van der Waals surface area (Å²) >= 11 is 0. The summed E-state index contributed by atoms with van der Waals surface area (Å²) in [6.45, 7) is -0.138. The lowest BCUT2D eigenvalue weighted by molar-refractivity contribution is -0.384. The number of carboxylic acid groups (broad SMARTS) is 1. The fraction of sp³-hybridized carbons (Fsp3) is 0.211. The van der Waals surface area contributed by atoms with Gasteiger partial charge in [-0.3, -0.25) is 19.7 Å². The number of non-ortho nitro benzene ring substituents is 1. The molecule has 0 bridgehead atoms. The normalized spacial score (nSPS) is 11.3. The highest BCUT2D eigenvalue weighted by atomic mass is 16.6. The number of nitrogens with one attached hydrogen (secondary N) is 1. The smallest absolute Gasteiger partial charge is 0.338 e. The largest absolute Gasteiger partial charge is 0.480 e. The van der Waals surface area contributed by atoms with Gasteiger partial charge >= 0.3 is 11.9 Å². The number of para-hydroxylation sites is 1. The Kier molecular flexibility index (Phi) is 7.38. The number of carbonyl (C=O) groups is 3. The van der Waals surface area contributed by atoms with Crippen molar-refractivity contribution in [2.45, 2.75) is 25.5 Å². The summed E-state index contributed by atoms with van der Waals surface area (Å²) in [7, 11) is 0. The number of nitro benzene ring substituents is 1. The number of carbonyl (C=O) groups excluding carboxylic acids is 2. The molecule has 2 rings (SSSR count). The van der Waals surface area contributed by atoms with E-state index in [9.17, 15) is 24.5 Å². The van der Waals surface area contributed by atoms with Crippen molar-refractivity contribution in [2.24, 2.45) is 5.73 Å². The number of amides is 1. The van der Waals surface area contributed by atoms with Crippen LogP contribution in [0.25, 0.3) is 0 Å². The molecule has 1 atom stereocenters. The number of carboxylic acids is 1. The Hall–Kier alpha value is -3.79. The molecule has 4 N–H and O–H groups in total. The van der Waals surface area contributed by atoms with Gasteiger partial charge in [0.05, 0.1) is 10.5 Å². The maximum absolute atomic E-state index is 12.1. The van der Waals surface area contributed by atoms with E-state index in [1.807, 2.05) is 0 Å². The molecule has 2 aromatic carbocycles. The summed E-state index contributed by atoms with van der Waals surface area (Å²) in [5, 5.41) is 22.0. The first-order chi connectivity index (χ1) is 13.8. The van der Waals surface area contributed by atoms with Gasteiger partial charge < -0.3 is 20.9 Å². The first-order valence-electron chi connectivity index (χ1n) is 8.55. The van der Waals surface area contributed by atoms with E-state index in [0.717, 1.165) is 0 Å². The first-order valence-corrected chi connectivity index (χ1v) is 8.55. The summed E-state index contributed by atoms with van der Waals surface area (Å²) in [5.41, 5.74) is 6.33. The molecule has 0 fully saturated rings. The Morgan fingerprint density at radius 2 is 1.79 bits per heavy atom. The predicted octanol–water partition coefficient (Wildman–Crippen LogP) is 2.08. The SMILES string of the molecule is N[C@@H](CCC(=O)Nc1ccccc1COC(=O)c1ccc([N+](=O)[O-])cc1)C(=O)O. The van der Waals surface area contributed by atoms with Gasteiger partial charge in [-0.15, -0.1) is 0 Å². The van der Waals surface area contributed by atoms with E-state index in [0.29, 0.717) is 11.3 Å². The van der Waals surface area contributed by atoms with Crippen LogP contribution in [0.2, 0.25) is 0 Å². The Morgan fingerprint density at radius 1 is 1.14 bits per heavy atom. The molecule has 0 unspecified atom stereocenters. The number of anilines is 1. The van der Waals surface area contributed by atoms with Crippen LogP contribution in [0.5, 0.6) is 0 Å². The monoisotopic (exact) mass is 401 g/mol. The number of nitrogens with two attached hydrogens (primary N) is 1. The summed E-state index contributed by atoms with van der Waals surface area (Å²) in [6.07, 6.45) is -0.0944. The molecule has 0 radical (unpaired) electrons. The molecule has 152 valence electrons. The van der Waals surface area contributed by atoms with Gasteiger partial charge in [0.15, 0.2) is 0 Å². The van der Waals surface area contributed by atoms with Gasteiger partial charge in [0.2, 0.25) is 5.91 Å². The van der Waals surface area contributed by atoms with Crippen molar-refractivity contribution in [3.63, 3.8) is 0 Å². The van der Waals surface area contributed by atoms with Crippen LogP contribution >= 0.6 is 0 Å². The Bertz CT molecular complexity index is 912. The molecule has 29 heavy (non-hydrogen) atoms. The second-order valence-electron chi connectivity index (χ2n) is 6.07. The lowest BCUT2D eigenvalue weighted by Gasteiger charge is -2.12. The Balaban J connectivity index is 1.96. The predicted molar refractivity (Wildman–Crippen MR) is 102 cm³/mol. The third kappa shape index (κ3) is 6.40. The van der Waals surface area contributed by atoms with E-state index < -0.39 is 28.8 Å². The number of hydrogen-bond acceptors (Lipinski definition) is 7. The molecule has 0 aromatic heterocycles. The van der Waals surface area contributed by atoms with Crippen LogP contribution in [0.3, 0.4) is 0 Å². The number of aliphatic carboxylic acids is 1. The molecular formula is C19H19N3O7. The second-order valence-corrected chi connectivity index (χ2v) is 6.07. The highest BCUT2D eigenvalue weighted by Crippen LogP contribution is 2.18. The summed E-state index contributed by atoms with van der Waals surface area (Å²) in [4.78, 5) is 44.9. The van der Waals surface area contributed by atoms with Gasteiger partial charge in [-0.25, -0.2) is 4.79 Å². The van der Waals surface area contributed by atoms with Crippen molar-refractivity contribution in [3.8, 4) is 0 Å². The molecule has 0 saturated heterocycles. The van der Waals surface area contributed by atoms with Crippen molar-refractivity contribution in [3.05, 3.63) is 69.8 Å². The van der Waals surface area contributed by atoms with Crippen LogP contribution in [0, 0.1) is 10.1 Å². The second kappa shape index (κ2) is 9.95. The van der Waals surface area contributed by atoms with Gasteiger partial charge in [0.1, 0.15) is 12.6 Å². The Morgan fingerprint density at radius 3 is 2.41 bits per heavy atom. The van der Waals surface area contributed by atoms with E-state index in [2.05, 4.69) is 5.32 Å². The molecule has 0 saturated carbocycles. The number of esters is 1. The average molecular weight is 401 g/mol. The van der Waals surface area contributed by atoms with Crippen LogP contribution in [0.15, 0.2) is 48.5 Å². The standard InChI is InChI=1S/C19H19N3O7/c20-15(18(24)25)9-10-17(23)21-16-4-2-1-3-13(16)11-29-19(26)12-5-7-14(8-6-12)22(27)28/h1-8,15H,9-11,20H2,(H,21,23)(H,24,25)/t15-/m0/s1. The molecule has 1 amide bonds. The molecule has 0 aliphatic heterocycles. The van der Waals surface area contributed by atoms with Crippen LogP contribution in [-0.4, -0.2) is 33.9 Å². The summed E-state index contributed by atoms with van der Waals surface area (Å²) in [5.74, 6) is -2.28. The molecule has 0 heterocycles. The number of ether oxygens (including phenoxy) is 1. The van der Waals surface area contributed by atoms with Gasteiger partial charge in [0.25, 0.3) is 5.69 Å². The minimum atomic E-state index is -1.18. The number of benzene rings is 2. The lowest BCUT2D eigenvalue weighted by atomic mass is 10.1. The van der Waals surface area contributed by atoms with Crippen molar-refractivity contribution in [1.29, 1.82) is 0 Å². The van der Waals surface area contributed by atoms with Crippen molar-refractivity contribution >= 4 is 29.2 Å². The minimum absolute atomic E-state index is 0.0154. The average Bonchev–Trinajstić information content (AvgIpc) is 2.71. The van der Waals surface area contributed by atoms with Gasteiger partial charge in [0, 0.05) is 29.8 Å². The quantitative estimate of drug-likeness (QED) is 0.327. The molecule has 0 aliphatic rings. The van der Waals surface area contributed by atoms with Crippen LogP contribution < -0.4 is 11.1 Å². The molecule has 10 nitrogen and oxygen atoms in total. The zero-order chi connectivity index (χ0) is 21.4. The number of rotatable bonds is 9. The fourth-order valence-electron chi connectivity index (χ4n) is 2.34. The molecular weight excluding hydrogens is 382 g/mol. The van der Waals surface area contributed by atoms with Gasteiger partial charge in [-0.2, -0.15) is 0 Å². The molecule has 0 aliphatic carbocycles. The highest BCUT2D eigenvalue weighted by Gasteiger charge is 2.15. The third-order valence-corrected chi connectivity index (χ3v) is 3.96. The first kappa shape index (κ1) is 21.5. The topological polar surface area (TPSA) is 162 Å². The lowest BCUT2D eigenvalue weighted by Crippen LogP contribution is -2.31. The van der Waals surface area contributed by atoms with E-state index >= 15 is 0 Å². The summed E-state index contributed by atoms with van der Waals surface area (Å²) in [6, 6.07) is 10.5. The van der Waals surface area contributed by atoms with Crippen LogP contribution in [0.1, 0.15) is 28.8 Å². The van der Waals surface area contributed by atoms with Crippen molar-refractivity contribution < 1.29 is 29.2 Å². The molecule has 10 heteroatoms. The maximum Gasteiger partial charge on any atom is 0.338 e. The highest BCUT2D eigenvalue weighted by molar-refractivity contribution is 5.92. The molecule has 2 aromatic rings. The van der Waals surface area contributed by atoms with Gasteiger partial charge in [-0.1, -0.05) is 18.2 Å². The number of hydrogen-bond donors (Lipinski definition) is 3. The zero-order valence-electron chi connectivity index (χ0n) is 15.2. The van der Waals surface area contributed by atoms with Crippen molar-refractivity contribution in [1.82, 2.24) is 0 Å². The molecule has 0 spiro atoms. The Labute approximate surface area is 165 Å². The van der Waals surface area contributed by atoms with E-state index in [1.54, 1.807) is 24.3 Å². The van der Waals surface area contributed by atoms with Crippen molar-refractivity contribution in [2.75, 3.05) is 5.32 Å². The number of nitrogens with zero attached hydrogens (tertiary/aromatic N) is 1. The van der Waals surface area contributed by atoms with E-state index in [1.165, 1.54) is 24.3 Å². The van der Waals surface area contributed by atoms with E-state index in [-0.39, 0.29) is 30.7 Å².